The molecule has 1 saturated heterocycles. The molecule has 2 fully saturated rings. The van der Waals surface area contributed by atoms with E-state index in [1.54, 1.807) is 0 Å². The van der Waals surface area contributed by atoms with Gasteiger partial charge in [0.05, 0.1) is 12.2 Å². The normalized spacial score (nSPS) is 20.6. The van der Waals surface area contributed by atoms with Gasteiger partial charge in [0.25, 0.3) is 0 Å². The van der Waals surface area contributed by atoms with Crippen LogP contribution in [-0.2, 0) is 9.47 Å². The lowest BCUT2D eigenvalue weighted by Gasteiger charge is -2.34. The molecule has 1 heterocycles. The average Bonchev–Trinajstić information content (AvgIpc) is 3.06. The number of likely N-dealkylation sites (tertiary alicyclic amines) is 1. The summed E-state index contributed by atoms with van der Waals surface area (Å²) in [5, 5.41) is 3.47. The van der Waals surface area contributed by atoms with E-state index in [0.29, 0.717) is 12.2 Å². The smallest absolute Gasteiger partial charge is 0.193 e. The first-order valence-electron chi connectivity index (χ1n) is 9.02. The number of guanidine groups is 1. The molecule has 0 aromatic rings. The Kier molecular flexibility index (Phi) is 11.2. The van der Waals surface area contributed by atoms with E-state index in [1.807, 2.05) is 7.05 Å². The number of halogens is 1. The van der Waals surface area contributed by atoms with Gasteiger partial charge in [0, 0.05) is 39.9 Å². The minimum atomic E-state index is 0. The SMILES string of the molecule is CCOC1CCN(C(=NC)NCCCOC2CCCC2)CC1.I. The van der Waals surface area contributed by atoms with Crippen LogP contribution in [0.3, 0.4) is 0 Å². The molecule has 1 aliphatic heterocycles. The van der Waals surface area contributed by atoms with Gasteiger partial charge in [-0.1, -0.05) is 12.8 Å². The summed E-state index contributed by atoms with van der Waals surface area (Å²) < 4.78 is 11.6. The van der Waals surface area contributed by atoms with E-state index in [9.17, 15) is 0 Å². The Balaban J connectivity index is 0.00000264. The van der Waals surface area contributed by atoms with Crippen molar-refractivity contribution in [2.45, 2.75) is 64.1 Å². The highest BCUT2D eigenvalue weighted by Gasteiger charge is 2.21. The molecule has 2 aliphatic rings. The van der Waals surface area contributed by atoms with Gasteiger partial charge < -0.3 is 19.7 Å². The Hall–Kier alpha value is -0.0800. The highest BCUT2D eigenvalue weighted by atomic mass is 127. The zero-order valence-corrected chi connectivity index (χ0v) is 17.1. The molecule has 0 radical (unpaired) electrons. The van der Waals surface area contributed by atoms with Gasteiger partial charge >= 0.3 is 0 Å². The zero-order valence-electron chi connectivity index (χ0n) is 14.8. The number of hydrogen-bond acceptors (Lipinski definition) is 3. The van der Waals surface area contributed by atoms with Gasteiger partial charge in [-0.2, -0.15) is 0 Å². The second-order valence-electron chi connectivity index (χ2n) is 6.25. The van der Waals surface area contributed by atoms with Crippen LogP contribution in [0.4, 0.5) is 0 Å². The quantitative estimate of drug-likeness (QED) is 0.287. The maximum atomic E-state index is 5.89. The molecule has 2 rings (SSSR count). The molecule has 1 N–H and O–H groups in total. The molecule has 0 aromatic carbocycles. The van der Waals surface area contributed by atoms with Crippen LogP contribution in [0, 0.1) is 0 Å². The van der Waals surface area contributed by atoms with Gasteiger partial charge in [-0.05, 0) is 39.0 Å². The summed E-state index contributed by atoms with van der Waals surface area (Å²) in [6, 6.07) is 0. The topological polar surface area (TPSA) is 46.1 Å². The fourth-order valence-corrected chi connectivity index (χ4v) is 3.38. The third-order valence-electron chi connectivity index (χ3n) is 4.62. The van der Waals surface area contributed by atoms with Crippen molar-refractivity contribution in [1.82, 2.24) is 10.2 Å². The number of nitrogens with one attached hydrogen (secondary N) is 1. The molecule has 0 unspecified atom stereocenters. The first-order valence-corrected chi connectivity index (χ1v) is 9.02. The second-order valence-corrected chi connectivity index (χ2v) is 6.25. The molecule has 1 aliphatic carbocycles. The Morgan fingerprint density at radius 2 is 1.74 bits per heavy atom. The van der Waals surface area contributed by atoms with Crippen LogP contribution in [-0.4, -0.2) is 63.0 Å². The van der Waals surface area contributed by atoms with Crippen LogP contribution in [0.5, 0.6) is 0 Å². The molecule has 136 valence electrons. The molecule has 0 atom stereocenters. The Morgan fingerprint density at radius 1 is 1.09 bits per heavy atom. The van der Waals surface area contributed by atoms with E-state index in [4.69, 9.17) is 9.47 Å². The lowest BCUT2D eigenvalue weighted by Crippen LogP contribution is -2.47. The van der Waals surface area contributed by atoms with E-state index in [2.05, 4.69) is 22.1 Å². The van der Waals surface area contributed by atoms with Gasteiger partial charge in [0.15, 0.2) is 5.96 Å². The summed E-state index contributed by atoms with van der Waals surface area (Å²) in [5.41, 5.74) is 0. The van der Waals surface area contributed by atoms with Gasteiger partial charge in [0.2, 0.25) is 0 Å². The van der Waals surface area contributed by atoms with E-state index in [1.165, 1.54) is 25.7 Å². The highest BCUT2D eigenvalue weighted by molar-refractivity contribution is 14.0. The van der Waals surface area contributed by atoms with E-state index in [-0.39, 0.29) is 24.0 Å². The molecule has 5 nitrogen and oxygen atoms in total. The Morgan fingerprint density at radius 3 is 2.35 bits per heavy atom. The fraction of sp³-hybridized carbons (Fsp3) is 0.941. The zero-order chi connectivity index (χ0) is 15.6. The van der Waals surface area contributed by atoms with Gasteiger partial charge in [0.1, 0.15) is 0 Å². The molecule has 23 heavy (non-hydrogen) atoms. The van der Waals surface area contributed by atoms with Crippen molar-refractivity contribution >= 4 is 29.9 Å². The van der Waals surface area contributed by atoms with Crippen LogP contribution >= 0.6 is 24.0 Å². The van der Waals surface area contributed by atoms with Gasteiger partial charge in [-0.15, -0.1) is 24.0 Å². The summed E-state index contributed by atoms with van der Waals surface area (Å²) in [6.07, 6.45) is 9.38. The molecule has 0 spiro atoms. The Labute approximate surface area is 158 Å². The number of aliphatic imine (C=N–C) groups is 1. The summed E-state index contributed by atoms with van der Waals surface area (Å²) >= 11 is 0. The van der Waals surface area contributed by atoms with Crippen LogP contribution in [0.1, 0.15) is 51.9 Å². The van der Waals surface area contributed by atoms with Crippen LogP contribution in [0.25, 0.3) is 0 Å². The number of rotatable bonds is 7. The summed E-state index contributed by atoms with van der Waals surface area (Å²) in [6.45, 7) is 6.75. The standard InChI is InChI=1S/C17H33N3O2.HI/c1-3-21-16-9-12-20(13-10-16)17(18-2)19-11-6-14-22-15-7-4-5-8-15;/h15-16H,3-14H2,1-2H3,(H,18,19);1H. The van der Waals surface area contributed by atoms with E-state index < -0.39 is 0 Å². The van der Waals surface area contributed by atoms with Gasteiger partial charge in [-0.25, -0.2) is 0 Å². The lowest BCUT2D eigenvalue weighted by molar-refractivity contribution is 0.0263. The van der Waals surface area contributed by atoms with E-state index >= 15 is 0 Å². The minimum absolute atomic E-state index is 0. The van der Waals surface area contributed by atoms with Gasteiger partial charge in [-0.3, -0.25) is 4.99 Å². The average molecular weight is 439 g/mol. The van der Waals surface area contributed by atoms with Crippen molar-refractivity contribution < 1.29 is 9.47 Å². The number of ether oxygens (including phenoxy) is 2. The maximum Gasteiger partial charge on any atom is 0.193 e. The minimum Gasteiger partial charge on any atom is -0.378 e. The third-order valence-corrected chi connectivity index (χ3v) is 4.62. The van der Waals surface area contributed by atoms with Crippen LogP contribution in [0.15, 0.2) is 4.99 Å². The third kappa shape index (κ3) is 7.56. The summed E-state index contributed by atoms with van der Waals surface area (Å²) in [4.78, 5) is 6.75. The second kappa shape index (κ2) is 12.3. The predicted octanol–water partition coefficient (Wildman–Crippen LogP) is 3.03. The predicted molar refractivity (Wildman–Crippen MR) is 106 cm³/mol. The number of piperidine rings is 1. The van der Waals surface area contributed by atoms with Crippen molar-refractivity contribution in [3.8, 4) is 0 Å². The van der Waals surface area contributed by atoms with Crippen molar-refractivity contribution in [2.24, 2.45) is 4.99 Å². The molecule has 0 amide bonds. The van der Waals surface area contributed by atoms with Crippen molar-refractivity contribution in [2.75, 3.05) is 39.9 Å². The molecule has 6 heteroatoms. The molecular formula is C17H34IN3O2. The summed E-state index contributed by atoms with van der Waals surface area (Å²) in [5.74, 6) is 1.02. The summed E-state index contributed by atoms with van der Waals surface area (Å²) in [7, 11) is 1.87. The van der Waals surface area contributed by atoms with Crippen LogP contribution in [0.2, 0.25) is 0 Å². The first kappa shape index (κ1) is 21.0. The van der Waals surface area contributed by atoms with E-state index in [0.717, 1.165) is 58.1 Å². The van der Waals surface area contributed by atoms with Crippen molar-refractivity contribution in [3.63, 3.8) is 0 Å². The highest BCUT2D eigenvalue weighted by Crippen LogP contribution is 2.20. The largest absolute Gasteiger partial charge is 0.378 e. The maximum absolute atomic E-state index is 5.89. The van der Waals surface area contributed by atoms with Crippen molar-refractivity contribution in [3.05, 3.63) is 0 Å². The molecular weight excluding hydrogens is 405 g/mol. The lowest BCUT2D eigenvalue weighted by atomic mass is 10.1. The number of nitrogens with zero attached hydrogens (tertiary/aromatic N) is 2. The molecule has 1 saturated carbocycles. The first-order chi connectivity index (χ1) is 10.8. The number of hydrogen-bond donors (Lipinski definition) is 1. The molecule has 0 bridgehead atoms. The Bertz CT molecular complexity index is 328. The fourth-order valence-electron chi connectivity index (χ4n) is 3.38. The monoisotopic (exact) mass is 439 g/mol. The van der Waals surface area contributed by atoms with Crippen molar-refractivity contribution in [1.29, 1.82) is 0 Å². The van der Waals surface area contributed by atoms with Crippen LogP contribution < -0.4 is 5.32 Å². The molecule has 0 aromatic heterocycles.